The van der Waals surface area contributed by atoms with Crippen LogP contribution < -0.4 is 9.62 Å². The Morgan fingerprint density at radius 3 is 2.79 bits per heavy atom. The van der Waals surface area contributed by atoms with E-state index in [0.29, 0.717) is 24.3 Å². The SMILES string of the molecule is Cc1ccc(CC(=O)Nc2cccc(N3CCCS3(=O)=O)c2)cn1. The first-order chi connectivity index (χ1) is 11.4. The van der Waals surface area contributed by atoms with E-state index in [0.717, 1.165) is 11.3 Å². The number of amides is 1. The molecule has 0 bridgehead atoms. The average molecular weight is 345 g/mol. The number of pyridine rings is 1. The molecule has 0 spiro atoms. The Morgan fingerprint density at radius 2 is 2.12 bits per heavy atom. The van der Waals surface area contributed by atoms with Crippen LogP contribution in [0, 0.1) is 6.92 Å². The van der Waals surface area contributed by atoms with E-state index < -0.39 is 10.0 Å². The molecule has 6 nitrogen and oxygen atoms in total. The van der Waals surface area contributed by atoms with E-state index in [1.54, 1.807) is 30.5 Å². The molecule has 1 N–H and O–H groups in total. The highest BCUT2D eigenvalue weighted by molar-refractivity contribution is 7.93. The summed E-state index contributed by atoms with van der Waals surface area (Å²) in [6, 6.07) is 10.6. The number of nitrogens with one attached hydrogen (secondary N) is 1. The summed E-state index contributed by atoms with van der Waals surface area (Å²) in [6.07, 6.45) is 2.53. The van der Waals surface area contributed by atoms with Crippen molar-refractivity contribution in [3.05, 3.63) is 53.9 Å². The minimum Gasteiger partial charge on any atom is -0.326 e. The van der Waals surface area contributed by atoms with Gasteiger partial charge in [0.2, 0.25) is 15.9 Å². The predicted molar refractivity (Wildman–Crippen MR) is 93.5 cm³/mol. The summed E-state index contributed by atoms with van der Waals surface area (Å²) in [6.45, 7) is 2.37. The van der Waals surface area contributed by atoms with Crippen LogP contribution in [0.1, 0.15) is 17.7 Å². The molecule has 1 saturated heterocycles. The number of rotatable bonds is 4. The molecule has 0 unspecified atom stereocenters. The molecule has 1 fully saturated rings. The summed E-state index contributed by atoms with van der Waals surface area (Å²) in [4.78, 5) is 16.3. The lowest BCUT2D eigenvalue weighted by atomic mass is 10.2. The largest absolute Gasteiger partial charge is 0.326 e. The fourth-order valence-corrected chi connectivity index (χ4v) is 4.22. The number of carbonyl (C=O) groups is 1. The number of carbonyl (C=O) groups excluding carboxylic acids is 1. The zero-order chi connectivity index (χ0) is 17.2. The Kier molecular flexibility index (Phi) is 4.53. The molecule has 1 aromatic heterocycles. The maximum Gasteiger partial charge on any atom is 0.235 e. The monoisotopic (exact) mass is 345 g/mol. The fraction of sp³-hybridized carbons (Fsp3) is 0.294. The molecular weight excluding hydrogens is 326 g/mol. The second-order valence-electron chi connectivity index (χ2n) is 5.82. The summed E-state index contributed by atoms with van der Waals surface area (Å²) >= 11 is 0. The molecule has 0 saturated carbocycles. The van der Waals surface area contributed by atoms with Gasteiger partial charge in [-0.05, 0) is 43.2 Å². The van der Waals surface area contributed by atoms with Gasteiger partial charge in [0.1, 0.15) is 0 Å². The highest BCUT2D eigenvalue weighted by atomic mass is 32.2. The van der Waals surface area contributed by atoms with Crippen molar-refractivity contribution in [2.24, 2.45) is 0 Å². The molecule has 0 radical (unpaired) electrons. The second-order valence-corrected chi connectivity index (χ2v) is 7.84. The van der Waals surface area contributed by atoms with Crippen molar-refractivity contribution < 1.29 is 13.2 Å². The van der Waals surface area contributed by atoms with Crippen LogP contribution in [0.25, 0.3) is 0 Å². The Balaban J connectivity index is 1.70. The van der Waals surface area contributed by atoms with Gasteiger partial charge in [0.25, 0.3) is 0 Å². The van der Waals surface area contributed by atoms with E-state index in [2.05, 4.69) is 10.3 Å². The van der Waals surface area contributed by atoms with Crippen LogP contribution in [0.3, 0.4) is 0 Å². The number of anilines is 2. The maximum absolute atomic E-state index is 12.2. The van der Waals surface area contributed by atoms with Crippen molar-refractivity contribution in [3.8, 4) is 0 Å². The molecule has 2 heterocycles. The van der Waals surface area contributed by atoms with Crippen LogP contribution in [0.4, 0.5) is 11.4 Å². The smallest absolute Gasteiger partial charge is 0.235 e. The first-order valence-electron chi connectivity index (χ1n) is 7.76. The molecule has 0 atom stereocenters. The number of sulfonamides is 1. The topological polar surface area (TPSA) is 79.4 Å². The zero-order valence-corrected chi connectivity index (χ0v) is 14.2. The highest BCUT2D eigenvalue weighted by Crippen LogP contribution is 2.26. The van der Waals surface area contributed by atoms with E-state index in [1.807, 2.05) is 19.1 Å². The minimum absolute atomic E-state index is 0.165. The molecule has 1 aromatic carbocycles. The van der Waals surface area contributed by atoms with Gasteiger partial charge in [0, 0.05) is 24.1 Å². The number of benzene rings is 1. The van der Waals surface area contributed by atoms with Crippen molar-refractivity contribution in [2.45, 2.75) is 19.8 Å². The normalized spacial score (nSPS) is 16.1. The summed E-state index contributed by atoms with van der Waals surface area (Å²) in [5.41, 5.74) is 2.90. The quantitative estimate of drug-likeness (QED) is 0.920. The van der Waals surface area contributed by atoms with Crippen molar-refractivity contribution in [3.63, 3.8) is 0 Å². The fourth-order valence-electron chi connectivity index (χ4n) is 2.66. The maximum atomic E-state index is 12.2. The van der Waals surface area contributed by atoms with Gasteiger partial charge in [-0.2, -0.15) is 0 Å². The Hall–Kier alpha value is -2.41. The summed E-state index contributed by atoms with van der Waals surface area (Å²) < 4.78 is 25.4. The number of hydrogen-bond donors (Lipinski definition) is 1. The molecule has 3 rings (SSSR count). The summed E-state index contributed by atoms with van der Waals surface area (Å²) in [7, 11) is -3.23. The van der Waals surface area contributed by atoms with Crippen LogP contribution in [-0.2, 0) is 21.2 Å². The Morgan fingerprint density at radius 1 is 1.29 bits per heavy atom. The van der Waals surface area contributed by atoms with Gasteiger partial charge in [-0.3, -0.25) is 14.1 Å². The number of nitrogens with zero attached hydrogens (tertiary/aromatic N) is 2. The third-order valence-corrected chi connectivity index (χ3v) is 5.72. The molecule has 0 aliphatic carbocycles. The molecule has 1 aliphatic rings. The van der Waals surface area contributed by atoms with Crippen molar-refractivity contribution in [1.29, 1.82) is 0 Å². The molecule has 7 heteroatoms. The average Bonchev–Trinajstić information content (AvgIpc) is 2.89. The van der Waals surface area contributed by atoms with Crippen LogP contribution in [-0.4, -0.2) is 31.6 Å². The van der Waals surface area contributed by atoms with Gasteiger partial charge in [0.05, 0.1) is 17.9 Å². The van der Waals surface area contributed by atoms with Crippen LogP contribution in [0.15, 0.2) is 42.6 Å². The van der Waals surface area contributed by atoms with Gasteiger partial charge in [-0.25, -0.2) is 8.42 Å². The second kappa shape index (κ2) is 6.60. The lowest BCUT2D eigenvalue weighted by Gasteiger charge is -2.17. The van der Waals surface area contributed by atoms with Crippen molar-refractivity contribution in [1.82, 2.24) is 4.98 Å². The van der Waals surface area contributed by atoms with Gasteiger partial charge < -0.3 is 5.32 Å². The third kappa shape index (κ3) is 3.73. The molecule has 24 heavy (non-hydrogen) atoms. The molecule has 1 aliphatic heterocycles. The summed E-state index contributed by atoms with van der Waals surface area (Å²) in [5.74, 6) is 0.00591. The lowest BCUT2D eigenvalue weighted by molar-refractivity contribution is -0.115. The lowest BCUT2D eigenvalue weighted by Crippen LogP contribution is -2.25. The Labute approximate surface area is 141 Å². The molecule has 1 amide bonds. The van der Waals surface area contributed by atoms with Crippen LogP contribution in [0.5, 0.6) is 0 Å². The van der Waals surface area contributed by atoms with E-state index in [1.165, 1.54) is 4.31 Å². The Bertz CT molecular complexity index is 848. The number of hydrogen-bond acceptors (Lipinski definition) is 4. The van der Waals surface area contributed by atoms with Gasteiger partial charge in [-0.15, -0.1) is 0 Å². The predicted octanol–water partition coefficient (Wildman–Crippen LogP) is 2.11. The molecule has 2 aromatic rings. The molecular formula is C17H19N3O3S. The van der Waals surface area contributed by atoms with Crippen LogP contribution in [0.2, 0.25) is 0 Å². The van der Waals surface area contributed by atoms with E-state index >= 15 is 0 Å². The van der Waals surface area contributed by atoms with E-state index in [4.69, 9.17) is 0 Å². The highest BCUT2D eigenvalue weighted by Gasteiger charge is 2.28. The van der Waals surface area contributed by atoms with Crippen molar-refractivity contribution in [2.75, 3.05) is 21.9 Å². The first-order valence-corrected chi connectivity index (χ1v) is 9.37. The number of aromatic nitrogens is 1. The van der Waals surface area contributed by atoms with Gasteiger partial charge >= 0.3 is 0 Å². The third-order valence-electron chi connectivity index (χ3n) is 3.85. The van der Waals surface area contributed by atoms with Crippen molar-refractivity contribution >= 4 is 27.3 Å². The molecule has 126 valence electrons. The zero-order valence-electron chi connectivity index (χ0n) is 13.4. The van der Waals surface area contributed by atoms with E-state index in [9.17, 15) is 13.2 Å². The van der Waals surface area contributed by atoms with Crippen LogP contribution >= 0.6 is 0 Å². The standard InChI is InChI=1S/C17H19N3O3S/c1-13-6-7-14(12-18-13)10-17(21)19-15-4-2-5-16(11-15)20-8-3-9-24(20,22)23/h2,4-7,11-12H,3,8-10H2,1H3,(H,19,21). The number of aryl methyl sites for hydroxylation is 1. The van der Waals surface area contributed by atoms with E-state index in [-0.39, 0.29) is 18.1 Å². The van der Waals surface area contributed by atoms with Gasteiger partial charge in [0.15, 0.2) is 0 Å². The summed E-state index contributed by atoms with van der Waals surface area (Å²) in [5, 5.41) is 2.81. The first kappa shape index (κ1) is 16.4. The van der Waals surface area contributed by atoms with Gasteiger partial charge in [-0.1, -0.05) is 12.1 Å². The minimum atomic E-state index is -3.23.